The molecule has 0 unspecified atom stereocenters. The van der Waals surface area contributed by atoms with Crippen LogP contribution in [0.3, 0.4) is 0 Å². The molecule has 1 saturated carbocycles. The predicted molar refractivity (Wildman–Crippen MR) is 86.6 cm³/mol. The molecule has 4 nitrogen and oxygen atoms in total. The maximum absolute atomic E-state index is 12.8. The second kappa shape index (κ2) is 6.79. The van der Waals surface area contributed by atoms with E-state index in [-0.39, 0.29) is 5.91 Å². The summed E-state index contributed by atoms with van der Waals surface area (Å²) in [4.78, 5) is 16.9. The van der Waals surface area contributed by atoms with Crippen molar-refractivity contribution >= 4 is 11.6 Å². The van der Waals surface area contributed by atoms with Crippen molar-refractivity contribution in [1.82, 2.24) is 4.90 Å². The largest absolute Gasteiger partial charge is 0.467 e. The van der Waals surface area contributed by atoms with Gasteiger partial charge in [0, 0.05) is 11.7 Å². The Morgan fingerprint density at radius 3 is 2.55 bits per heavy atom. The zero-order valence-electron chi connectivity index (χ0n) is 12.9. The van der Waals surface area contributed by atoms with E-state index in [0.29, 0.717) is 19.1 Å². The van der Waals surface area contributed by atoms with Crippen molar-refractivity contribution < 1.29 is 9.21 Å². The highest BCUT2D eigenvalue weighted by atomic mass is 16.3. The van der Waals surface area contributed by atoms with Crippen LogP contribution in [0.15, 0.2) is 53.1 Å². The molecular weight excluding hydrogens is 276 g/mol. The van der Waals surface area contributed by atoms with Crippen LogP contribution >= 0.6 is 0 Å². The summed E-state index contributed by atoms with van der Waals surface area (Å²) in [5, 5.41) is 0. The van der Waals surface area contributed by atoms with Gasteiger partial charge in [0.05, 0.1) is 19.4 Å². The van der Waals surface area contributed by atoms with Crippen LogP contribution in [0.5, 0.6) is 0 Å². The van der Waals surface area contributed by atoms with E-state index in [4.69, 9.17) is 4.42 Å². The highest BCUT2D eigenvalue weighted by molar-refractivity contribution is 5.94. The number of amides is 1. The fourth-order valence-corrected chi connectivity index (χ4v) is 2.69. The normalized spacial score (nSPS) is 14.3. The third-order valence-corrected chi connectivity index (χ3v) is 4.07. The van der Waals surface area contributed by atoms with Crippen molar-refractivity contribution in [2.24, 2.45) is 0 Å². The SMILES string of the molecule is CCN(CC(=O)N(Cc1ccco1)c1ccccc1)C1CC1. The number of benzene rings is 1. The van der Waals surface area contributed by atoms with Crippen LogP contribution in [0.2, 0.25) is 0 Å². The van der Waals surface area contributed by atoms with Crippen molar-refractivity contribution in [1.29, 1.82) is 0 Å². The Morgan fingerprint density at radius 2 is 1.95 bits per heavy atom. The van der Waals surface area contributed by atoms with Crippen LogP contribution in [0, 0.1) is 0 Å². The number of carbonyl (C=O) groups excluding carboxylic acids is 1. The second-order valence-electron chi connectivity index (χ2n) is 5.69. The molecule has 1 aliphatic carbocycles. The number of carbonyl (C=O) groups is 1. The van der Waals surface area contributed by atoms with Gasteiger partial charge in [0.25, 0.3) is 0 Å². The molecule has 116 valence electrons. The molecule has 1 aromatic carbocycles. The summed E-state index contributed by atoms with van der Waals surface area (Å²) in [5.41, 5.74) is 0.913. The van der Waals surface area contributed by atoms with E-state index in [0.717, 1.165) is 18.0 Å². The lowest BCUT2D eigenvalue weighted by Gasteiger charge is -2.26. The number of furan rings is 1. The molecule has 1 aliphatic rings. The molecule has 0 bridgehead atoms. The smallest absolute Gasteiger partial charge is 0.241 e. The molecule has 0 spiro atoms. The predicted octanol–water partition coefficient (Wildman–Crippen LogP) is 3.30. The molecule has 22 heavy (non-hydrogen) atoms. The van der Waals surface area contributed by atoms with Gasteiger partial charge in [-0.1, -0.05) is 25.1 Å². The molecule has 1 aromatic heterocycles. The van der Waals surface area contributed by atoms with Crippen LogP contribution in [0.25, 0.3) is 0 Å². The third kappa shape index (κ3) is 3.57. The molecular formula is C18H22N2O2. The topological polar surface area (TPSA) is 36.7 Å². The maximum atomic E-state index is 12.8. The lowest BCUT2D eigenvalue weighted by molar-refractivity contribution is -0.120. The highest BCUT2D eigenvalue weighted by Crippen LogP contribution is 2.27. The Bertz CT molecular complexity index is 591. The Labute approximate surface area is 131 Å². The molecule has 4 heteroatoms. The fourth-order valence-electron chi connectivity index (χ4n) is 2.69. The summed E-state index contributed by atoms with van der Waals surface area (Å²) in [7, 11) is 0. The first-order valence-electron chi connectivity index (χ1n) is 7.89. The average molecular weight is 298 g/mol. The van der Waals surface area contributed by atoms with Crippen LogP contribution in [0.4, 0.5) is 5.69 Å². The van der Waals surface area contributed by atoms with Gasteiger partial charge in [-0.25, -0.2) is 0 Å². The molecule has 0 atom stereocenters. The first-order chi connectivity index (χ1) is 10.8. The van der Waals surface area contributed by atoms with Gasteiger partial charge in [0.15, 0.2) is 0 Å². The molecule has 0 saturated heterocycles. The van der Waals surface area contributed by atoms with Gasteiger partial charge in [-0.2, -0.15) is 0 Å². The molecule has 0 N–H and O–H groups in total. The molecule has 0 aliphatic heterocycles. The number of likely N-dealkylation sites (N-methyl/N-ethyl adjacent to an activating group) is 1. The van der Waals surface area contributed by atoms with Crippen molar-refractivity contribution in [3.8, 4) is 0 Å². The number of hydrogen-bond acceptors (Lipinski definition) is 3. The molecule has 3 rings (SSSR count). The molecule has 1 amide bonds. The zero-order valence-corrected chi connectivity index (χ0v) is 12.9. The minimum atomic E-state index is 0.122. The van der Waals surface area contributed by atoms with Gasteiger partial charge >= 0.3 is 0 Å². The Kier molecular flexibility index (Phi) is 4.59. The number of hydrogen-bond donors (Lipinski definition) is 0. The van der Waals surface area contributed by atoms with Gasteiger partial charge in [0.2, 0.25) is 5.91 Å². The Morgan fingerprint density at radius 1 is 1.18 bits per heavy atom. The van der Waals surface area contributed by atoms with E-state index in [9.17, 15) is 4.79 Å². The van der Waals surface area contributed by atoms with E-state index in [2.05, 4.69) is 11.8 Å². The highest BCUT2D eigenvalue weighted by Gasteiger charge is 2.30. The van der Waals surface area contributed by atoms with Gasteiger partial charge in [-0.05, 0) is 43.7 Å². The van der Waals surface area contributed by atoms with Crippen LogP contribution < -0.4 is 4.90 Å². The Hall–Kier alpha value is -2.07. The van der Waals surface area contributed by atoms with Gasteiger partial charge in [0.1, 0.15) is 5.76 Å². The second-order valence-corrected chi connectivity index (χ2v) is 5.69. The van der Waals surface area contributed by atoms with E-state index in [1.165, 1.54) is 12.8 Å². The summed E-state index contributed by atoms with van der Waals surface area (Å²) in [5.74, 6) is 0.919. The van der Waals surface area contributed by atoms with Crippen LogP contribution in [0.1, 0.15) is 25.5 Å². The lowest BCUT2D eigenvalue weighted by atomic mass is 10.2. The summed E-state index contributed by atoms with van der Waals surface area (Å²) in [6.45, 7) is 3.97. The van der Waals surface area contributed by atoms with Crippen molar-refractivity contribution in [3.63, 3.8) is 0 Å². The van der Waals surface area contributed by atoms with Crippen molar-refractivity contribution in [2.45, 2.75) is 32.4 Å². The molecule has 1 fully saturated rings. The third-order valence-electron chi connectivity index (χ3n) is 4.07. The summed E-state index contributed by atoms with van der Waals surface area (Å²) < 4.78 is 5.42. The summed E-state index contributed by atoms with van der Waals surface area (Å²) >= 11 is 0. The molecule has 0 radical (unpaired) electrons. The van der Waals surface area contributed by atoms with Crippen LogP contribution in [-0.2, 0) is 11.3 Å². The Balaban J connectivity index is 1.76. The van der Waals surface area contributed by atoms with Crippen LogP contribution in [-0.4, -0.2) is 29.9 Å². The van der Waals surface area contributed by atoms with Gasteiger partial charge in [-0.3, -0.25) is 9.69 Å². The number of para-hydroxylation sites is 1. The van der Waals surface area contributed by atoms with Crippen molar-refractivity contribution in [2.75, 3.05) is 18.0 Å². The fraction of sp³-hybridized carbons (Fsp3) is 0.389. The van der Waals surface area contributed by atoms with Gasteiger partial charge in [-0.15, -0.1) is 0 Å². The summed E-state index contributed by atoms with van der Waals surface area (Å²) in [6.07, 6.45) is 4.07. The first-order valence-corrected chi connectivity index (χ1v) is 7.89. The minimum Gasteiger partial charge on any atom is -0.467 e. The van der Waals surface area contributed by atoms with E-state index >= 15 is 0 Å². The van der Waals surface area contributed by atoms with E-state index < -0.39 is 0 Å². The summed E-state index contributed by atoms with van der Waals surface area (Å²) in [6, 6.07) is 14.2. The zero-order chi connectivity index (χ0) is 15.4. The number of anilines is 1. The van der Waals surface area contributed by atoms with Gasteiger partial charge < -0.3 is 9.32 Å². The standard InChI is InChI=1S/C18H22N2O2/c1-2-19(15-10-11-15)14-18(21)20(13-17-9-6-12-22-17)16-7-4-3-5-8-16/h3-9,12,15H,2,10-11,13-14H2,1H3. The van der Waals surface area contributed by atoms with Crippen molar-refractivity contribution in [3.05, 3.63) is 54.5 Å². The number of rotatable bonds is 7. The monoisotopic (exact) mass is 298 g/mol. The lowest BCUT2D eigenvalue weighted by Crippen LogP contribution is -2.41. The maximum Gasteiger partial charge on any atom is 0.241 e. The quantitative estimate of drug-likeness (QED) is 0.787. The first kappa shape index (κ1) is 14.9. The van der Waals surface area contributed by atoms with E-state index in [1.807, 2.05) is 47.4 Å². The molecule has 1 heterocycles. The average Bonchev–Trinajstić information content (AvgIpc) is 3.27. The number of nitrogens with zero attached hydrogens (tertiary/aromatic N) is 2. The minimum absolute atomic E-state index is 0.122. The molecule has 2 aromatic rings. The van der Waals surface area contributed by atoms with E-state index in [1.54, 1.807) is 6.26 Å².